The van der Waals surface area contributed by atoms with Crippen molar-refractivity contribution in [3.8, 4) is 5.82 Å². The summed E-state index contributed by atoms with van der Waals surface area (Å²) in [5.74, 6) is 2.20. The molecule has 1 aromatic carbocycles. The van der Waals surface area contributed by atoms with Gasteiger partial charge in [-0.05, 0) is 31.5 Å². The molecule has 0 unspecified atom stereocenters. The summed E-state index contributed by atoms with van der Waals surface area (Å²) in [5, 5.41) is 20.2. The van der Waals surface area contributed by atoms with Gasteiger partial charge in [0.1, 0.15) is 18.5 Å². The van der Waals surface area contributed by atoms with Gasteiger partial charge in [0.2, 0.25) is 5.91 Å². The van der Waals surface area contributed by atoms with E-state index in [0.717, 1.165) is 5.56 Å². The van der Waals surface area contributed by atoms with Crippen molar-refractivity contribution in [1.82, 2.24) is 39.9 Å². The number of rotatable bonds is 3. The zero-order valence-corrected chi connectivity index (χ0v) is 15.9. The molecule has 2 atom stereocenters. The Labute approximate surface area is 165 Å². The largest absolute Gasteiger partial charge is 0.358 e. The quantitative estimate of drug-likeness (QED) is 0.560. The van der Waals surface area contributed by atoms with Gasteiger partial charge in [0, 0.05) is 0 Å². The van der Waals surface area contributed by atoms with Crippen LogP contribution in [0.4, 0.5) is 0 Å². The summed E-state index contributed by atoms with van der Waals surface area (Å²) < 4.78 is 9.21. The molecule has 0 spiro atoms. The van der Waals surface area contributed by atoms with Gasteiger partial charge in [-0.2, -0.15) is 9.20 Å². The fourth-order valence-electron chi connectivity index (χ4n) is 3.48. The van der Waals surface area contributed by atoms with Crippen molar-refractivity contribution in [2.45, 2.75) is 26.0 Å². The highest BCUT2D eigenvalue weighted by molar-refractivity contribution is 5.78. The Bertz CT molecular complexity index is 1200. The standard InChI is InChI=1S/C19H18N8O2/c1-11-20-19(18-17(21-16(28)10-29-18)13-6-4-3-5-7-13)27(24-11)15-9-8-14-23-22-12(2)26(14)25-15/h3-9,17-18H,10H2,1-2H3,(H,21,28)/t17-,18+/m1/s1. The van der Waals surface area contributed by atoms with Gasteiger partial charge in [0.05, 0.1) is 6.04 Å². The minimum Gasteiger partial charge on any atom is -0.358 e. The highest BCUT2D eigenvalue weighted by atomic mass is 16.5. The van der Waals surface area contributed by atoms with Gasteiger partial charge in [-0.3, -0.25) is 4.79 Å². The Morgan fingerprint density at radius 2 is 1.90 bits per heavy atom. The summed E-state index contributed by atoms with van der Waals surface area (Å²) in [6.07, 6.45) is -0.518. The molecule has 1 amide bonds. The normalized spacial score (nSPS) is 19.4. The molecule has 1 aliphatic heterocycles. The Morgan fingerprint density at radius 1 is 1.07 bits per heavy atom. The number of carbonyl (C=O) groups excluding carboxylic acids is 1. The first-order valence-corrected chi connectivity index (χ1v) is 9.19. The number of amides is 1. The van der Waals surface area contributed by atoms with E-state index in [1.54, 1.807) is 15.3 Å². The van der Waals surface area contributed by atoms with Crippen LogP contribution in [0.2, 0.25) is 0 Å². The first kappa shape index (κ1) is 17.4. The average Bonchev–Trinajstić information content (AvgIpc) is 3.31. The molecule has 1 aliphatic rings. The number of hydrogen-bond donors (Lipinski definition) is 1. The van der Waals surface area contributed by atoms with Gasteiger partial charge in [-0.25, -0.2) is 4.98 Å². The lowest BCUT2D eigenvalue weighted by Gasteiger charge is -2.32. The molecule has 4 heterocycles. The first-order chi connectivity index (χ1) is 14.1. The maximum Gasteiger partial charge on any atom is 0.246 e. The maximum atomic E-state index is 12.0. The molecule has 4 aromatic rings. The van der Waals surface area contributed by atoms with Gasteiger partial charge < -0.3 is 10.1 Å². The van der Waals surface area contributed by atoms with Crippen molar-refractivity contribution in [3.63, 3.8) is 0 Å². The molecule has 29 heavy (non-hydrogen) atoms. The van der Waals surface area contributed by atoms with E-state index in [0.29, 0.717) is 28.9 Å². The number of benzene rings is 1. The molecule has 1 saturated heterocycles. The number of ether oxygens (including phenoxy) is 1. The number of carbonyl (C=O) groups is 1. The summed E-state index contributed by atoms with van der Waals surface area (Å²) in [6, 6.07) is 12.9. The molecular weight excluding hydrogens is 372 g/mol. The lowest BCUT2D eigenvalue weighted by atomic mass is 9.99. The number of aromatic nitrogens is 7. The Morgan fingerprint density at radius 3 is 2.72 bits per heavy atom. The number of morpholine rings is 1. The highest BCUT2D eigenvalue weighted by Crippen LogP contribution is 2.34. The minimum absolute atomic E-state index is 0.0447. The topological polar surface area (TPSA) is 112 Å². The van der Waals surface area contributed by atoms with E-state index in [1.807, 2.05) is 50.2 Å². The van der Waals surface area contributed by atoms with E-state index in [2.05, 4.69) is 30.7 Å². The average molecular weight is 390 g/mol. The van der Waals surface area contributed by atoms with Crippen LogP contribution < -0.4 is 5.32 Å². The minimum atomic E-state index is -0.518. The lowest BCUT2D eigenvalue weighted by molar-refractivity contribution is -0.138. The van der Waals surface area contributed by atoms with Gasteiger partial charge in [0.25, 0.3) is 0 Å². The maximum absolute atomic E-state index is 12.0. The number of nitrogens with zero attached hydrogens (tertiary/aromatic N) is 7. The summed E-state index contributed by atoms with van der Waals surface area (Å²) in [4.78, 5) is 16.6. The van der Waals surface area contributed by atoms with Crippen molar-refractivity contribution in [2.24, 2.45) is 0 Å². The van der Waals surface area contributed by atoms with E-state index in [4.69, 9.17) is 4.74 Å². The Kier molecular flexibility index (Phi) is 4.06. The summed E-state index contributed by atoms with van der Waals surface area (Å²) in [5.41, 5.74) is 1.57. The zero-order chi connectivity index (χ0) is 20.0. The van der Waals surface area contributed by atoms with E-state index in [1.165, 1.54) is 0 Å². The molecule has 1 fully saturated rings. The predicted octanol–water partition coefficient (Wildman–Crippen LogP) is 1.25. The summed E-state index contributed by atoms with van der Waals surface area (Å²) in [7, 11) is 0. The fraction of sp³-hybridized carbons (Fsp3) is 0.263. The second-order valence-electron chi connectivity index (χ2n) is 6.83. The molecule has 0 bridgehead atoms. The van der Waals surface area contributed by atoms with E-state index < -0.39 is 6.10 Å². The van der Waals surface area contributed by atoms with E-state index >= 15 is 0 Å². The number of fused-ring (bicyclic) bond motifs is 1. The third-order valence-corrected chi connectivity index (χ3v) is 4.79. The van der Waals surface area contributed by atoms with Crippen molar-refractivity contribution in [1.29, 1.82) is 0 Å². The molecule has 0 aliphatic carbocycles. The molecule has 0 saturated carbocycles. The van der Waals surface area contributed by atoms with Gasteiger partial charge >= 0.3 is 0 Å². The SMILES string of the molecule is Cc1nc([C@H]2OCC(=O)N[C@@H]2c2ccccc2)n(-c2ccc3nnc(C)n3n2)n1. The zero-order valence-electron chi connectivity index (χ0n) is 15.9. The molecule has 1 N–H and O–H groups in total. The molecular formula is C19H18N8O2. The van der Waals surface area contributed by atoms with Crippen LogP contribution in [0, 0.1) is 13.8 Å². The van der Waals surface area contributed by atoms with Gasteiger partial charge in [-0.15, -0.1) is 20.4 Å². The highest BCUT2D eigenvalue weighted by Gasteiger charge is 2.36. The molecule has 10 nitrogen and oxygen atoms in total. The van der Waals surface area contributed by atoms with Crippen LogP contribution >= 0.6 is 0 Å². The third-order valence-electron chi connectivity index (χ3n) is 4.79. The van der Waals surface area contributed by atoms with Crippen LogP contribution in [-0.2, 0) is 9.53 Å². The lowest BCUT2D eigenvalue weighted by Crippen LogP contribution is -2.42. The van der Waals surface area contributed by atoms with Crippen LogP contribution in [-0.4, -0.2) is 47.1 Å². The molecule has 3 aromatic heterocycles. The Hall–Kier alpha value is -3.66. The van der Waals surface area contributed by atoms with Crippen LogP contribution in [0.5, 0.6) is 0 Å². The van der Waals surface area contributed by atoms with Crippen molar-refractivity contribution < 1.29 is 9.53 Å². The Balaban J connectivity index is 1.62. The number of nitrogens with one attached hydrogen (secondary N) is 1. The monoisotopic (exact) mass is 390 g/mol. The second-order valence-corrected chi connectivity index (χ2v) is 6.83. The van der Waals surface area contributed by atoms with Crippen LogP contribution in [0.3, 0.4) is 0 Å². The van der Waals surface area contributed by atoms with Crippen molar-refractivity contribution in [3.05, 3.63) is 65.5 Å². The predicted molar refractivity (Wildman–Crippen MR) is 101 cm³/mol. The van der Waals surface area contributed by atoms with Crippen LogP contribution in [0.15, 0.2) is 42.5 Å². The smallest absolute Gasteiger partial charge is 0.246 e. The number of hydrogen-bond acceptors (Lipinski definition) is 7. The summed E-state index contributed by atoms with van der Waals surface area (Å²) >= 11 is 0. The van der Waals surface area contributed by atoms with Gasteiger partial charge in [-0.1, -0.05) is 30.3 Å². The first-order valence-electron chi connectivity index (χ1n) is 9.19. The van der Waals surface area contributed by atoms with Crippen molar-refractivity contribution >= 4 is 11.6 Å². The van der Waals surface area contributed by atoms with Crippen molar-refractivity contribution in [2.75, 3.05) is 6.61 Å². The van der Waals surface area contributed by atoms with Crippen LogP contribution in [0.25, 0.3) is 11.5 Å². The molecule has 0 radical (unpaired) electrons. The number of aryl methyl sites for hydroxylation is 2. The van der Waals surface area contributed by atoms with Gasteiger partial charge in [0.15, 0.2) is 23.1 Å². The second kappa shape index (κ2) is 6.74. The molecule has 5 rings (SSSR count). The third kappa shape index (κ3) is 3.03. The van der Waals surface area contributed by atoms with E-state index in [9.17, 15) is 4.79 Å². The van der Waals surface area contributed by atoms with Crippen LogP contribution in [0.1, 0.15) is 35.2 Å². The molecule has 10 heteroatoms. The fourth-order valence-corrected chi connectivity index (χ4v) is 3.48. The van der Waals surface area contributed by atoms with E-state index in [-0.39, 0.29) is 18.6 Å². The molecule has 146 valence electrons. The summed E-state index contributed by atoms with van der Waals surface area (Å²) in [6.45, 7) is 3.59.